The highest BCUT2D eigenvalue weighted by Crippen LogP contribution is 2.63. The summed E-state index contributed by atoms with van der Waals surface area (Å²) in [6.45, 7) is 5.03. The molecule has 0 saturated carbocycles. The first kappa shape index (κ1) is 15.5. The molecule has 0 radical (unpaired) electrons. The predicted molar refractivity (Wildman–Crippen MR) is 76.8 cm³/mol. The molecule has 0 aromatic heterocycles. The second-order valence-electron chi connectivity index (χ2n) is 4.13. The number of benzene rings is 1. The van der Waals surface area contributed by atoms with Gasteiger partial charge in [0.25, 0.3) is 0 Å². The smallest absolute Gasteiger partial charge is 0.300 e. The molecule has 0 saturated heterocycles. The molecule has 1 atom stereocenters. The zero-order valence-electron chi connectivity index (χ0n) is 10.7. The Labute approximate surface area is 113 Å². The van der Waals surface area contributed by atoms with Gasteiger partial charge in [0.05, 0.1) is 13.2 Å². The summed E-state index contributed by atoms with van der Waals surface area (Å²) >= 11 is 1.14. The lowest BCUT2D eigenvalue weighted by Gasteiger charge is -2.18. The molecule has 1 aromatic carbocycles. The first-order valence-electron chi connectivity index (χ1n) is 5.80. The van der Waals surface area contributed by atoms with Crippen molar-refractivity contribution in [1.29, 1.82) is 0 Å². The van der Waals surface area contributed by atoms with Crippen molar-refractivity contribution in [2.24, 2.45) is 5.92 Å². The molecule has 0 fully saturated rings. The maximum Gasteiger partial charge on any atom is 0.394 e. The summed E-state index contributed by atoms with van der Waals surface area (Å²) < 4.78 is 23.3. The van der Waals surface area contributed by atoms with E-state index in [0.29, 0.717) is 12.5 Å². The Morgan fingerprint density at radius 2 is 2.00 bits per heavy atom. The molecule has 0 bridgehead atoms. The summed E-state index contributed by atoms with van der Waals surface area (Å²) in [5.41, 5.74) is 0. The van der Waals surface area contributed by atoms with Gasteiger partial charge in [-0.2, -0.15) is 0 Å². The molecule has 0 aliphatic heterocycles. The van der Waals surface area contributed by atoms with Crippen LogP contribution in [0.25, 0.3) is 0 Å². The van der Waals surface area contributed by atoms with Gasteiger partial charge in [-0.25, -0.2) is 4.57 Å². The summed E-state index contributed by atoms with van der Waals surface area (Å²) in [4.78, 5) is 0.869. The van der Waals surface area contributed by atoms with Gasteiger partial charge in [-0.15, -0.1) is 6.58 Å². The molecule has 1 aromatic rings. The van der Waals surface area contributed by atoms with Crippen LogP contribution in [0, 0.1) is 5.92 Å². The minimum absolute atomic E-state index is 0.217. The summed E-state index contributed by atoms with van der Waals surface area (Å²) in [7, 11) is 0. The standard InChI is InChI=1S/C13H19O3PS/c1-4-10-15-17(14,16-11-12(2)3)18-13-8-6-5-7-9-13/h4-9,12H,1,10-11H2,2-3H3. The maximum absolute atomic E-state index is 12.5. The van der Waals surface area contributed by atoms with E-state index in [0.717, 1.165) is 16.3 Å². The van der Waals surface area contributed by atoms with E-state index in [1.54, 1.807) is 6.08 Å². The largest absolute Gasteiger partial charge is 0.394 e. The first-order valence-corrected chi connectivity index (χ1v) is 8.77. The number of hydrogen-bond donors (Lipinski definition) is 0. The molecule has 1 rings (SSSR count). The molecule has 0 heterocycles. The Bertz CT molecular complexity index is 406. The van der Waals surface area contributed by atoms with Crippen LogP contribution in [0.15, 0.2) is 47.9 Å². The summed E-state index contributed by atoms with van der Waals surface area (Å²) in [5.74, 6) is 0.307. The molecule has 0 aliphatic carbocycles. The first-order chi connectivity index (χ1) is 8.56. The second kappa shape index (κ2) is 7.80. The SMILES string of the molecule is C=CCOP(=O)(OCC(C)C)Sc1ccccc1. The van der Waals surface area contributed by atoms with Crippen LogP contribution in [-0.4, -0.2) is 13.2 Å². The minimum Gasteiger partial charge on any atom is -0.300 e. The van der Waals surface area contributed by atoms with Gasteiger partial charge in [-0.3, -0.25) is 4.52 Å². The average molecular weight is 286 g/mol. The van der Waals surface area contributed by atoms with E-state index in [-0.39, 0.29) is 6.61 Å². The van der Waals surface area contributed by atoms with Crippen LogP contribution in [0.3, 0.4) is 0 Å². The molecule has 0 aliphatic rings. The van der Waals surface area contributed by atoms with E-state index in [2.05, 4.69) is 6.58 Å². The van der Waals surface area contributed by atoms with Gasteiger partial charge < -0.3 is 4.52 Å². The van der Waals surface area contributed by atoms with Crippen LogP contribution in [-0.2, 0) is 13.6 Å². The van der Waals surface area contributed by atoms with Crippen molar-refractivity contribution in [2.45, 2.75) is 18.7 Å². The van der Waals surface area contributed by atoms with Crippen molar-refractivity contribution in [3.8, 4) is 0 Å². The number of hydrogen-bond acceptors (Lipinski definition) is 4. The van der Waals surface area contributed by atoms with Gasteiger partial charge in [-0.1, -0.05) is 38.1 Å². The fraction of sp³-hybridized carbons (Fsp3) is 0.385. The Hall–Kier alpha value is -0.540. The van der Waals surface area contributed by atoms with Crippen molar-refractivity contribution in [3.05, 3.63) is 43.0 Å². The Balaban J connectivity index is 2.70. The molecule has 0 amide bonds. The number of rotatable bonds is 8. The van der Waals surface area contributed by atoms with E-state index in [4.69, 9.17) is 9.05 Å². The van der Waals surface area contributed by atoms with Gasteiger partial charge in [0.2, 0.25) is 0 Å². The monoisotopic (exact) mass is 286 g/mol. The van der Waals surface area contributed by atoms with Gasteiger partial charge in [0, 0.05) is 4.90 Å². The zero-order valence-corrected chi connectivity index (χ0v) is 12.5. The van der Waals surface area contributed by atoms with Crippen LogP contribution in [0.1, 0.15) is 13.8 Å². The highest BCUT2D eigenvalue weighted by molar-refractivity contribution is 8.55. The predicted octanol–water partition coefficient (Wildman–Crippen LogP) is 4.76. The topological polar surface area (TPSA) is 35.5 Å². The fourth-order valence-electron chi connectivity index (χ4n) is 1.08. The normalized spacial score (nSPS) is 14.4. The lowest BCUT2D eigenvalue weighted by atomic mass is 10.2. The lowest BCUT2D eigenvalue weighted by Crippen LogP contribution is -2.01. The Morgan fingerprint density at radius 1 is 1.33 bits per heavy atom. The Morgan fingerprint density at radius 3 is 2.56 bits per heavy atom. The van der Waals surface area contributed by atoms with Crippen LogP contribution in [0.2, 0.25) is 0 Å². The molecule has 100 valence electrons. The molecule has 1 unspecified atom stereocenters. The van der Waals surface area contributed by atoms with Crippen LogP contribution in [0.4, 0.5) is 0 Å². The maximum atomic E-state index is 12.5. The van der Waals surface area contributed by atoms with Gasteiger partial charge in [0.15, 0.2) is 0 Å². The highest BCUT2D eigenvalue weighted by Gasteiger charge is 2.26. The van der Waals surface area contributed by atoms with E-state index < -0.39 is 6.80 Å². The second-order valence-corrected chi connectivity index (χ2v) is 8.08. The van der Waals surface area contributed by atoms with Gasteiger partial charge >= 0.3 is 6.80 Å². The molecule has 3 nitrogen and oxygen atoms in total. The van der Waals surface area contributed by atoms with Gasteiger partial charge in [-0.05, 0) is 29.4 Å². The lowest BCUT2D eigenvalue weighted by molar-refractivity contribution is 0.213. The molecular formula is C13H19O3PS. The Kier molecular flexibility index (Phi) is 6.72. The van der Waals surface area contributed by atoms with Crippen molar-refractivity contribution >= 4 is 18.2 Å². The molecule has 5 heteroatoms. The van der Waals surface area contributed by atoms with Gasteiger partial charge in [0.1, 0.15) is 0 Å². The highest BCUT2D eigenvalue weighted by atomic mass is 32.7. The summed E-state index contributed by atoms with van der Waals surface area (Å²) in [6.07, 6.45) is 1.57. The van der Waals surface area contributed by atoms with Crippen molar-refractivity contribution < 1.29 is 13.6 Å². The third-order valence-electron chi connectivity index (χ3n) is 1.88. The average Bonchev–Trinajstić information content (AvgIpc) is 2.35. The van der Waals surface area contributed by atoms with E-state index >= 15 is 0 Å². The molecule has 0 spiro atoms. The third kappa shape index (κ3) is 5.87. The fourth-order valence-corrected chi connectivity index (χ4v) is 4.39. The minimum atomic E-state index is -3.17. The van der Waals surface area contributed by atoms with E-state index in [1.807, 2.05) is 44.2 Å². The van der Waals surface area contributed by atoms with Crippen LogP contribution < -0.4 is 0 Å². The molecular weight excluding hydrogens is 267 g/mol. The van der Waals surface area contributed by atoms with Crippen molar-refractivity contribution in [2.75, 3.05) is 13.2 Å². The summed E-state index contributed by atoms with van der Waals surface area (Å²) in [6, 6.07) is 9.46. The van der Waals surface area contributed by atoms with Crippen molar-refractivity contribution in [3.63, 3.8) is 0 Å². The van der Waals surface area contributed by atoms with Crippen LogP contribution >= 0.6 is 18.2 Å². The summed E-state index contributed by atoms with van der Waals surface area (Å²) in [5, 5.41) is 0. The quantitative estimate of drug-likeness (QED) is 0.510. The van der Waals surface area contributed by atoms with Crippen LogP contribution in [0.5, 0.6) is 0 Å². The third-order valence-corrected chi connectivity index (χ3v) is 5.45. The van der Waals surface area contributed by atoms with E-state index in [9.17, 15) is 4.57 Å². The molecule has 18 heavy (non-hydrogen) atoms. The molecule has 0 N–H and O–H groups in total. The van der Waals surface area contributed by atoms with Crippen molar-refractivity contribution in [1.82, 2.24) is 0 Å². The zero-order chi connectivity index (χ0) is 13.4. The van der Waals surface area contributed by atoms with E-state index in [1.165, 1.54) is 0 Å².